The Morgan fingerprint density at radius 3 is 2.64 bits per heavy atom. The van der Waals surface area contributed by atoms with E-state index in [0.717, 1.165) is 0 Å². The predicted octanol–water partition coefficient (Wildman–Crippen LogP) is 1.02. The lowest BCUT2D eigenvalue weighted by molar-refractivity contribution is -0.00823. The lowest BCUT2D eigenvalue weighted by atomic mass is 10.2. The first kappa shape index (κ1) is 8.13. The molecule has 0 bridgehead atoms. The topological polar surface area (TPSA) is 48.9 Å². The van der Waals surface area contributed by atoms with Gasteiger partial charge in [-0.3, -0.25) is 5.10 Å². The van der Waals surface area contributed by atoms with Crippen molar-refractivity contribution in [3.05, 3.63) is 17.5 Å². The fourth-order valence-corrected chi connectivity index (χ4v) is 0.720. The lowest BCUT2D eigenvalue weighted by Gasteiger charge is -2.03. The molecular weight excluding hydrogens is 154 g/mol. The molecule has 11 heavy (non-hydrogen) atoms. The fourth-order valence-electron chi connectivity index (χ4n) is 0.720. The number of hydrogen-bond donors (Lipinski definition) is 2. The van der Waals surface area contributed by atoms with Gasteiger partial charge in [-0.1, -0.05) is 0 Å². The summed E-state index contributed by atoms with van der Waals surface area (Å²) in [5, 5.41) is 14.7. The van der Waals surface area contributed by atoms with E-state index in [4.69, 9.17) is 5.11 Å². The summed E-state index contributed by atoms with van der Waals surface area (Å²) in [4.78, 5) is 0. The summed E-state index contributed by atoms with van der Waals surface area (Å²) in [6.07, 6.45) is -4.56. The molecule has 0 aromatic carbocycles. The molecule has 1 atom stereocenters. The Kier molecular flexibility index (Phi) is 2.19. The molecular formula is C6H8F2N2O. The van der Waals surface area contributed by atoms with Crippen LogP contribution in [0.4, 0.5) is 8.78 Å². The summed E-state index contributed by atoms with van der Waals surface area (Å²) >= 11 is 0. The Balaban J connectivity index is 2.76. The average Bonchev–Trinajstić information content (AvgIpc) is 2.34. The molecule has 0 radical (unpaired) electrons. The molecule has 1 unspecified atom stereocenters. The van der Waals surface area contributed by atoms with Gasteiger partial charge in [0.15, 0.2) is 6.10 Å². The van der Waals surface area contributed by atoms with E-state index in [1.165, 1.54) is 6.07 Å². The maximum Gasteiger partial charge on any atom is 0.269 e. The van der Waals surface area contributed by atoms with Gasteiger partial charge in [-0.15, -0.1) is 0 Å². The van der Waals surface area contributed by atoms with Crippen molar-refractivity contribution >= 4 is 0 Å². The molecule has 0 aliphatic carbocycles. The van der Waals surface area contributed by atoms with E-state index < -0.39 is 12.5 Å². The highest BCUT2D eigenvalue weighted by molar-refractivity contribution is 5.09. The van der Waals surface area contributed by atoms with Crippen LogP contribution in [0.2, 0.25) is 0 Å². The molecule has 0 fully saturated rings. The molecule has 3 nitrogen and oxygen atoms in total. The molecule has 0 amide bonds. The van der Waals surface area contributed by atoms with Gasteiger partial charge < -0.3 is 5.11 Å². The molecule has 0 saturated carbocycles. The number of H-pyrrole nitrogens is 1. The van der Waals surface area contributed by atoms with Crippen LogP contribution in [0.15, 0.2) is 6.07 Å². The van der Waals surface area contributed by atoms with E-state index in [1.807, 2.05) is 0 Å². The maximum absolute atomic E-state index is 11.8. The van der Waals surface area contributed by atoms with Crippen LogP contribution < -0.4 is 0 Å². The van der Waals surface area contributed by atoms with Gasteiger partial charge in [0.05, 0.1) is 5.69 Å². The predicted molar refractivity (Wildman–Crippen MR) is 34.3 cm³/mol. The van der Waals surface area contributed by atoms with E-state index in [2.05, 4.69) is 10.2 Å². The highest BCUT2D eigenvalue weighted by atomic mass is 19.3. The number of aliphatic hydroxyl groups is 1. The van der Waals surface area contributed by atoms with E-state index in [1.54, 1.807) is 6.92 Å². The van der Waals surface area contributed by atoms with Crippen LogP contribution >= 0.6 is 0 Å². The first-order valence-corrected chi connectivity index (χ1v) is 3.09. The van der Waals surface area contributed by atoms with Crippen molar-refractivity contribution in [3.63, 3.8) is 0 Å². The van der Waals surface area contributed by atoms with Crippen LogP contribution in [0.3, 0.4) is 0 Å². The molecule has 0 aliphatic rings. The molecule has 1 rings (SSSR count). The molecule has 0 spiro atoms. The molecule has 2 N–H and O–H groups in total. The zero-order valence-corrected chi connectivity index (χ0v) is 5.88. The number of nitrogens with zero attached hydrogens (tertiary/aromatic N) is 1. The third-order valence-corrected chi connectivity index (χ3v) is 1.27. The Labute approximate surface area is 62.0 Å². The first-order chi connectivity index (χ1) is 5.11. The average molecular weight is 162 g/mol. The number of alkyl halides is 2. The Morgan fingerprint density at radius 2 is 2.27 bits per heavy atom. The van der Waals surface area contributed by atoms with Gasteiger partial charge >= 0.3 is 0 Å². The van der Waals surface area contributed by atoms with Gasteiger partial charge in [0.25, 0.3) is 6.43 Å². The van der Waals surface area contributed by atoms with Crippen LogP contribution in [0.25, 0.3) is 0 Å². The smallest absolute Gasteiger partial charge is 0.269 e. The van der Waals surface area contributed by atoms with E-state index in [-0.39, 0.29) is 5.69 Å². The number of aromatic amines is 1. The second kappa shape index (κ2) is 2.96. The third kappa shape index (κ3) is 1.74. The Bertz CT molecular complexity index is 236. The van der Waals surface area contributed by atoms with Crippen molar-refractivity contribution < 1.29 is 13.9 Å². The van der Waals surface area contributed by atoms with E-state index >= 15 is 0 Å². The second-order valence-corrected chi connectivity index (χ2v) is 2.26. The van der Waals surface area contributed by atoms with Gasteiger partial charge in [0.2, 0.25) is 0 Å². The first-order valence-electron chi connectivity index (χ1n) is 3.09. The van der Waals surface area contributed by atoms with Gasteiger partial charge in [0, 0.05) is 5.69 Å². The number of rotatable bonds is 2. The van der Waals surface area contributed by atoms with Crippen LogP contribution in [0.1, 0.15) is 17.5 Å². The van der Waals surface area contributed by atoms with Gasteiger partial charge in [-0.2, -0.15) is 5.10 Å². The minimum absolute atomic E-state index is 0.0162. The van der Waals surface area contributed by atoms with Gasteiger partial charge in [0.1, 0.15) is 0 Å². The number of hydrogen-bond acceptors (Lipinski definition) is 2. The highest BCUT2D eigenvalue weighted by Crippen LogP contribution is 2.18. The zero-order valence-electron chi connectivity index (χ0n) is 5.88. The summed E-state index contributed by atoms with van der Waals surface area (Å²) in [5.74, 6) is 0. The van der Waals surface area contributed by atoms with Gasteiger partial charge in [-0.05, 0) is 13.0 Å². The second-order valence-electron chi connectivity index (χ2n) is 2.26. The van der Waals surface area contributed by atoms with E-state index in [0.29, 0.717) is 5.69 Å². The number of halogens is 2. The third-order valence-electron chi connectivity index (χ3n) is 1.27. The normalized spacial score (nSPS) is 13.9. The van der Waals surface area contributed by atoms with Crippen molar-refractivity contribution in [2.45, 2.75) is 19.5 Å². The Hall–Kier alpha value is -0.970. The Morgan fingerprint density at radius 1 is 1.64 bits per heavy atom. The van der Waals surface area contributed by atoms with Gasteiger partial charge in [-0.25, -0.2) is 8.78 Å². The SMILES string of the molecule is Cc1cc(C(O)C(F)F)n[nH]1. The molecule has 5 heteroatoms. The molecule has 0 aliphatic heterocycles. The molecule has 0 saturated heterocycles. The fraction of sp³-hybridized carbons (Fsp3) is 0.500. The molecule has 1 aromatic rings. The molecule has 1 aromatic heterocycles. The van der Waals surface area contributed by atoms with Crippen LogP contribution in [-0.2, 0) is 0 Å². The highest BCUT2D eigenvalue weighted by Gasteiger charge is 2.21. The summed E-state index contributed by atoms with van der Waals surface area (Å²) < 4.78 is 23.6. The monoisotopic (exact) mass is 162 g/mol. The standard InChI is InChI=1S/C6H8F2N2O/c1-3-2-4(10-9-3)5(11)6(7)8/h2,5-6,11H,1H3,(H,9,10). The maximum atomic E-state index is 11.8. The minimum Gasteiger partial charge on any atom is -0.381 e. The van der Waals surface area contributed by atoms with Crippen LogP contribution in [0, 0.1) is 6.92 Å². The van der Waals surface area contributed by atoms with Crippen LogP contribution in [-0.4, -0.2) is 21.7 Å². The number of aromatic nitrogens is 2. The largest absolute Gasteiger partial charge is 0.381 e. The summed E-state index contributed by atoms with van der Waals surface area (Å²) in [6, 6.07) is 1.39. The lowest BCUT2D eigenvalue weighted by Crippen LogP contribution is -2.08. The zero-order chi connectivity index (χ0) is 8.43. The summed E-state index contributed by atoms with van der Waals surface area (Å²) in [6.45, 7) is 1.68. The van der Waals surface area contributed by atoms with Crippen molar-refractivity contribution in [2.24, 2.45) is 0 Å². The molecule has 62 valence electrons. The summed E-state index contributed by atoms with van der Waals surface area (Å²) in [5.41, 5.74) is 0.636. The van der Waals surface area contributed by atoms with E-state index in [9.17, 15) is 8.78 Å². The quantitative estimate of drug-likeness (QED) is 0.682. The molecule has 1 heterocycles. The number of aliphatic hydroxyl groups excluding tert-OH is 1. The number of aryl methyl sites for hydroxylation is 1. The van der Waals surface area contributed by atoms with Crippen molar-refractivity contribution in [1.29, 1.82) is 0 Å². The van der Waals surface area contributed by atoms with Crippen LogP contribution in [0.5, 0.6) is 0 Å². The minimum atomic E-state index is -2.78. The van der Waals surface area contributed by atoms with Crippen molar-refractivity contribution in [3.8, 4) is 0 Å². The van der Waals surface area contributed by atoms with Crippen molar-refractivity contribution in [1.82, 2.24) is 10.2 Å². The van der Waals surface area contributed by atoms with Crippen molar-refractivity contribution in [2.75, 3.05) is 0 Å². The summed E-state index contributed by atoms with van der Waals surface area (Å²) in [7, 11) is 0. The number of nitrogens with one attached hydrogen (secondary N) is 1.